The summed E-state index contributed by atoms with van der Waals surface area (Å²) in [7, 11) is 3.00. The molecule has 0 amide bonds. The Kier molecular flexibility index (Phi) is 3.93. The van der Waals surface area contributed by atoms with E-state index in [0.29, 0.717) is 30.1 Å². The van der Waals surface area contributed by atoms with Gasteiger partial charge in [0.2, 0.25) is 5.95 Å². The Morgan fingerprint density at radius 1 is 1.35 bits per heavy atom. The number of nitrogens with zero attached hydrogens (tertiary/aromatic N) is 3. The maximum Gasteiger partial charge on any atom is 0.332 e. The molecule has 0 fully saturated rings. The summed E-state index contributed by atoms with van der Waals surface area (Å²) in [4.78, 5) is 30.8. The third-order valence-electron chi connectivity index (χ3n) is 3.19. The fourth-order valence-electron chi connectivity index (χ4n) is 2.01. The van der Waals surface area contributed by atoms with E-state index in [0.717, 1.165) is 11.0 Å². The summed E-state index contributed by atoms with van der Waals surface area (Å²) in [5.74, 6) is 0.448. The highest BCUT2D eigenvalue weighted by atomic mass is 16.3. The highest BCUT2D eigenvalue weighted by Crippen LogP contribution is 2.08. The Bertz CT molecular complexity index is 725. The van der Waals surface area contributed by atoms with Gasteiger partial charge in [-0.3, -0.25) is 13.9 Å². The second-order valence-corrected chi connectivity index (χ2v) is 4.91. The highest BCUT2D eigenvalue weighted by molar-refractivity contribution is 5.72. The fourth-order valence-corrected chi connectivity index (χ4v) is 2.01. The molecule has 2 aromatic heterocycles. The van der Waals surface area contributed by atoms with Crippen molar-refractivity contribution in [1.82, 2.24) is 19.1 Å². The largest absolute Gasteiger partial charge is 0.393 e. The summed E-state index contributed by atoms with van der Waals surface area (Å²) in [5, 5.41) is 12.2. The minimum Gasteiger partial charge on any atom is -0.393 e. The standard InChI is InChI=1S/C12H19N5O3/c1-7(18)5-4-6-13-11-14-8-9(15-11)16(2)12(20)17(3)10(8)19/h7,18H,4-6H2,1-3H3,(H2,13,14,15). The predicted molar refractivity (Wildman–Crippen MR) is 76.0 cm³/mol. The van der Waals surface area contributed by atoms with Gasteiger partial charge in [-0.2, -0.15) is 4.98 Å². The molecular weight excluding hydrogens is 262 g/mol. The van der Waals surface area contributed by atoms with E-state index in [-0.39, 0.29) is 6.10 Å². The van der Waals surface area contributed by atoms with Gasteiger partial charge in [0.05, 0.1) is 6.10 Å². The molecule has 0 aliphatic rings. The van der Waals surface area contributed by atoms with Crippen molar-refractivity contribution in [2.75, 3.05) is 11.9 Å². The van der Waals surface area contributed by atoms with E-state index >= 15 is 0 Å². The molecule has 0 aliphatic heterocycles. The second-order valence-electron chi connectivity index (χ2n) is 4.91. The number of aromatic amines is 1. The lowest BCUT2D eigenvalue weighted by molar-refractivity contribution is 0.183. The van der Waals surface area contributed by atoms with Gasteiger partial charge >= 0.3 is 5.69 Å². The summed E-state index contributed by atoms with van der Waals surface area (Å²) in [5.41, 5.74) is -0.175. The van der Waals surface area contributed by atoms with Crippen LogP contribution in [0, 0.1) is 0 Å². The number of hydrogen-bond donors (Lipinski definition) is 3. The van der Waals surface area contributed by atoms with Crippen LogP contribution < -0.4 is 16.6 Å². The number of imidazole rings is 1. The number of H-pyrrole nitrogens is 1. The first-order chi connectivity index (χ1) is 9.41. The van der Waals surface area contributed by atoms with E-state index < -0.39 is 11.2 Å². The maximum atomic E-state index is 12.0. The molecule has 1 atom stereocenters. The molecule has 0 aliphatic carbocycles. The van der Waals surface area contributed by atoms with Gasteiger partial charge in [0.15, 0.2) is 11.2 Å². The lowest BCUT2D eigenvalue weighted by atomic mass is 10.2. The Labute approximate surface area is 115 Å². The van der Waals surface area contributed by atoms with Crippen molar-refractivity contribution in [1.29, 1.82) is 0 Å². The topological polar surface area (TPSA) is 105 Å². The second kappa shape index (κ2) is 5.49. The molecular formula is C12H19N5O3. The van der Waals surface area contributed by atoms with Crippen molar-refractivity contribution < 1.29 is 5.11 Å². The number of aliphatic hydroxyl groups excluding tert-OH is 1. The predicted octanol–water partition coefficient (Wildman–Crippen LogP) is -0.467. The van der Waals surface area contributed by atoms with Crippen LogP contribution in [-0.4, -0.2) is 36.9 Å². The number of aryl methyl sites for hydroxylation is 1. The normalized spacial score (nSPS) is 12.8. The average Bonchev–Trinajstić information content (AvgIpc) is 2.83. The summed E-state index contributed by atoms with van der Waals surface area (Å²) < 4.78 is 2.37. The van der Waals surface area contributed by atoms with E-state index in [2.05, 4.69) is 15.3 Å². The lowest BCUT2D eigenvalue weighted by Crippen LogP contribution is -2.36. The maximum absolute atomic E-state index is 12.0. The first-order valence-corrected chi connectivity index (χ1v) is 6.49. The van der Waals surface area contributed by atoms with Crippen LogP contribution in [0.4, 0.5) is 5.95 Å². The van der Waals surface area contributed by atoms with Crippen molar-refractivity contribution >= 4 is 17.1 Å². The van der Waals surface area contributed by atoms with E-state index in [1.165, 1.54) is 11.6 Å². The number of rotatable bonds is 5. The first kappa shape index (κ1) is 14.3. The SMILES string of the molecule is CC(O)CCCNc1nc2c([nH]1)c(=O)n(C)c(=O)n2C. The zero-order chi connectivity index (χ0) is 14.9. The van der Waals surface area contributed by atoms with E-state index in [1.54, 1.807) is 14.0 Å². The molecule has 0 saturated carbocycles. The molecule has 2 rings (SSSR count). The first-order valence-electron chi connectivity index (χ1n) is 6.49. The number of anilines is 1. The Morgan fingerprint density at radius 2 is 2.05 bits per heavy atom. The van der Waals surface area contributed by atoms with Crippen LogP contribution in [-0.2, 0) is 14.1 Å². The molecule has 0 radical (unpaired) electrons. The van der Waals surface area contributed by atoms with E-state index in [1.807, 2.05) is 0 Å². The number of fused-ring (bicyclic) bond motifs is 1. The molecule has 110 valence electrons. The number of aromatic nitrogens is 4. The van der Waals surface area contributed by atoms with Crippen LogP contribution in [0.3, 0.4) is 0 Å². The van der Waals surface area contributed by atoms with Crippen LogP contribution in [0.1, 0.15) is 19.8 Å². The molecule has 0 aromatic carbocycles. The van der Waals surface area contributed by atoms with Gasteiger partial charge < -0.3 is 15.4 Å². The molecule has 0 saturated heterocycles. The Balaban J connectivity index is 2.26. The number of nitrogens with one attached hydrogen (secondary N) is 2. The summed E-state index contributed by atoms with van der Waals surface area (Å²) >= 11 is 0. The molecule has 20 heavy (non-hydrogen) atoms. The summed E-state index contributed by atoms with van der Waals surface area (Å²) in [6, 6.07) is 0. The Morgan fingerprint density at radius 3 is 2.70 bits per heavy atom. The summed E-state index contributed by atoms with van der Waals surface area (Å²) in [6.45, 7) is 2.36. The number of hydrogen-bond acceptors (Lipinski definition) is 5. The number of aliphatic hydroxyl groups is 1. The van der Waals surface area contributed by atoms with Crippen LogP contribution in [0.5, 0.6) is 0 Å². The molecule has 8 nitrogen and oxygen atoms in total. The summed E-state index contributed by atoms with van der Waals surface area (Å²) in [6.07, 6.45) is 1.14. The Hall–Kier alpha value is -2.09. The molecule has 1 unspecified atom stereocenters. The van der Waals surface area contributed by atoms with Crippen molar-refractivity contribution in [2.24, 2.45) is 14.1 Å². The van der Waals surface area contributed by atoms with Crippen LogP contribution >= 0.6 is 0 Å². The molecule has 2 heterocycles. The van der Waals surface area contributed by atoms with Gasteiger partial charge in [-0.15, -0.1) is 0 Å². The van der Waals surface area contributed by atoms with Crippen LogP contribution in [0.2, 0.25) is 0 Å². The van der Waals surface area contributed by atoms with Gasteiger partial charge in [-0.25, -0.2) is 4.79 Å². The molecule has 3 N–H and O–H groups in total. The van der Waals surface area contributed by atoms with Gasteiger partial charge in [-0.1, -0.05) is 0 Å². The third kappa shape index (κ3) is 2.60. The molecule has 2 aromatic rings. The van der Waals surface area contributed by atoms with E-state index in [9.17, 15) is 9.59 Å². The van der Waals surface area contributed by atoms with Gasteiger partial charge in [0.25, 0.3) is 5.56 Å². The van der Waals surface area contributed by atoms with Crippen molar-refractivity contribution in [3.63, 3.8) is 0 Å². The van der Waals surface area contributed by atoms with E-state index in [4.69, 9.17) is 5.11 Å². The van der Waals surface area contributed by atoms with Crippen molar-refractivity contribution in [3.8, 4) is 0 Å². The third-order valence-corrected chi connectivity index (χ3v) is 3.19. The van der Waals surface area contributed by atoms with Crippen LogP contribution in [0.25, 0.3) is 11.2 Å². The zero-order valence-corrected chi connectivity index (χ0v) is 11.8. The lowest BCUT2D eigenvalue weighted by Gasteiger charge is -2.04. The van der Waals surface area contributed by atoms with Crippen molar-refractivity contribution in [2.45, 2.75) is 25.9 Å². The fraction of sp³-hybridized carbons (Fsp3) is 0.583. The molecule has 0 spiro atoms. The van der Waals surface area contributed by atoms with Gasteiger partial charge in [-0.05, 0) is 19.8 Å². The van der Waals surface area contributed by atoms with Crippen LogP contribution in [0.15, 0.2) is 9.59 Å². The molecule has 8 heteroatoms. The minimum absolute atomic E-state index is 0.299. The zero-order valence-electron chi connectivity index (χ0n) is 11.8. The van der Waals surface area contributed by atoms with Gasteiger partial charge in [0.1, 0.15) is 0 Å². The average molecular weight is 281 g/mol. The molecule has 0 bridgehead atoms. The van der Waals surface area contributed by atoms with Gasteiger partial charge in [0, 0.05) is 20.6 Å². The highest BCUT2D eigenvalue weighted by Gasteiger charge is 2.12. The quantitative estimate of drug-likeness (QED) is 0.643. The minimum atomic E-state index is -0.408. The van der Waals surface area contributed by atoms with Crippen molar-refractivity contribution in [3.05, 3.63) is 20.8 Å². The smallest absolute Gasteiger partial charge is 0.332 e. The monoisotopic (exact) mass is 281 g/mol.